The minimum atomic E-state index is -1.21. The molecule has 1 unspecified atom stereocenters. The van der Waals surface area contributed by atoms with Crippen LogP contribution in [-0.4, -0.2) is 29.1 Å². The third kappa shape index (κ3) is 5.68. The number of aliphatic hydroxyl groups excluding tert-OH is 1. The summed E-state index contributed by atoms with van der Waals surface area (Å²) in [5.74, 6) is 5.46. The summed E-state index contributed by atoms with van der Waals surface area (Å²) in [6, 6.07) is 0. The maximum absolute atomic E-state index is 10.2. The van der Waals surface area contributed by atoms with Gasteiger partial charge in [-0.3, -0.25) is 0 Å². The van der Waals surface area contributed by atoms with Gasteiger partial charge in [0.25, 0.3) is 0 Å². The van der Waals surface area contributed by atoms with E-state index in [1.165, 1.54) is 57.8 Å². The van der Waals surface area contributed by atoms with Gasteiger partial charge in [-0.25, -0.2) is 4.79 Å². The Balaban J connectivity index is 0.000000481. The summed E-state index contributed by atoms with van der Waals surface area (Å²) in [6.07, 6.45) is 16.0. The summed E-state index contributed by atoms with van der Waals surface area (Å²) < 4.78 is 3.96. The number of rotatable bonds is 6. The molecule has 4 heteroatoms. The highest BCUT2D eigenvalue weighted by Crippen LogP contribution is 2.67. The number of carboxylic acid groups (broad SMARTS) is 1. The van der Waals surface area contributed by atoms with Gasteiger partial charge in [-0.05, 0) is 105 Å². The van der Waals surface area contributed by atoms with Crippen molar-refractivity contribution in [1.82, 2.24) is 0 Å². The molecule has 0 aliphatic heterocycles. The summed E-state index contributed by atoms with van der Waals surface area (Å²) in [5, 5.41) is 17.9. The van der Waals surface area contributed by atoms with Gasteiger partial charge in [-0.15, -0.1) is 0 Å². The summed E-state index contributed by atoms with van der Waals surface area (Å²) in [7, 11) is 0. The van der Waals surface area contributed by atoms with Crippen LogP contribution in [-0.2, 0) is 4.74 Å². The van der Waals surface area contributed by atoms with Gasteiger partial charge in [0.1, 0.15) is 0 Å². The fourth-order valence-corrected chi connectivity index (χ4v) is 8.79. The zero-order chi connectivity index (χ0) is 25.1. The maximum Gasteiger partial charge on any atom is 0.505 e. The quantitative estimate of drug-likeness (QED) is 0.300. The molecule has 8 atom stereocenters. The Morgan fingerprint density at radius 2 is 1.82 bits per heavy atom. The highest BCUT2D eigenvalue weighted by Gasteiger charge is 2.59. The average molecular weight is 477 g/mol. The van der Waals surface area contributed by atoms with Gasteiger partial charge in [0.2, 0.25) is 0 Å². The molecular weight excluding hydrogens is 424 g/mol. The van der Waals surface area contributed by atoms with Crippen molar-refractivity contribution in [3.05, 3.63) is 11.6 Å². The molecule has 34 heavy (non-hydrogen) atoms. The van der Waals surface area contributed by atoms with Crippen molar-refractivity contribution in [3.8, 4) is 0 Å². The number of fused-ring (bicyclic) bond motifs is 5. The minimum absolute atomic E-state index is 0.0766. The number of hydrogen-bond acceptors (Lipinski definition) is 3. The lowest BCUT2D eigenvalue weighted by molar-refractivity contribution is -0.0573. The first-order chi connectivity index (χ1) is 16.0. The topological polar surface area (TPSA) is 66.8 Å². The first-order valence-electron chi connectivity index (χ1n) is 14.3. The Kier molecular flexibility index (Phi) is 9.20. The normalized spacial score (nSPS) is 39.6. The van der Waals surface area contributed by atoms with Crippen LogP contribution < -0.4 is 0 Å². The molecule has 0 radical (unpaired) electrons. The Morgan fingerprint density at radius 1 is 1.09 bits per heavy atom. The second-order valence-electron chi connectivity index (χ2n) is 12.9. The number of ether oxygens (including phenoxy) is 1. The molecule has 0 spiro atoms. The van der Waals surface area contributed by atoms with Gasteiger partial charge in [0.05, 0.1) is 12.7 Å². The Labute approximate surface area is 208 Å². The lowest BCUT2D eigenvalue weighted by atomic mass is 9.47. The van der Waals surface area contributed by atoms with Crippen molar-refractivity contribution < 1.29 is 19.7 Å². The fourth-order valence-electron chi connectivity index (χ4n) is 8.79. The third-order valence-electron chi connectivity index (χ3n) is 10.5. The molecule has 196 valence electrons. The van der Waals surface area contributed by atoms with Crippen LogP contribution in [0.15, 0.2) is 11.6 Å². The lowest BCUT2D eigenvalue weighted by Gasteiger charge is -2.58. The van der Waals surface area contributed by atoms with Crippen LogP contribution in [0.3, 0.4) is 0 Å². The van der Waals surface area contributed by atoms with Crippen LogP contribution in [0, 0.1) is 46.3 Å². The van der Waals surface area contributed by atoms with E-state index in [1.54, 1.807) is 12.5 Å². The third-order valence-corrected chi connectivity index (χ3v) is 10.5. The smallest absolute Gasteiger partial charge is 0.450 e. The number of carbonyl (C=O) groups is 1. The Hall–Kier alpha value is -1.03. The summed E-state index contributed by atoms with van der Waals surface area (Å²) in [4.78, 5) is 9.38. The Bertz CT molecular complexity index is 715. The van der Waals surface area contributed by atoms with E-state index in [1.807, 2.05) is 0 Å². The predicted octanol–water partition coefficient (Wildman–Crippen LogP) is 8.09. The van der Waals surface area contributed by atoms with Crippen LogP contribution in [0.2, 0.25) is 0 Å². The molecule has 2 N–H and O–H groups in total. The second-order valence-corrected chi connectivity index (χ2v) is 12.9. The van der Waals surface area contributed by atoms with E-state index in [2.05, 4.69) is 45.4 Å². The van der Waals surface area contributed by atoms with E-state index >= 15 is 0 Å². The second kappa shape index (κ2) is 11.4. The van der Waals surface area contributed by atoms with Crippen molar-refractivity contribution >= 4 is 6.16 Å². The van der Waals surface area contributed by atoms with Gasteiger partial charge in [-0.2, -0.15) is 0 Å². The van der Waals surface area contributed by atoms with E-state index in [9.17, 15) is 9.90 Å². The molecule has 3 fully saturated rings. The van der Waals surface area contributed by atoms with Crippen LogP contribution in [0.1, 0.15) is 112 Å². The molecular formula is C30H52O4. The van der Waals surface area contributed by atoms with Gasteiger partial charge < -0.3 is 14.9 Å². The standard InChI is InChI=1S/C27H46O.C3H6O3/c1-18(2)7-6-8-19(3)23-11-12-24-22-10-9-20-17-21(28)13-15-26(20,4)25(22)14-16-27(23,24)5;1-2-6-3(4)5/h9,18-19,21-25,28H,6-8,10-17H2,1-5H3;2H2,1H3,(H,4,5)/t19?,21-,22-,23+,24-,25-,26-,27+;/m0./s1. The van der Waals surface area contributed by atoms with Crippen molar-refractivity contribution in [3.63, 3.8) is 0 Å². The summed E-state index contributed by atoms with van der Waals surface area (Å²) in [6.45, 7) is 14.4. The molecule has 4 aliphatic rings. The first kappa shape index (κ1) is 27.6. The van der Waals surface area contributed by atoms with E-state index in [4.69, 9.17) is 5.11 Å². The number of allylic oxidation sites excluding steroid dienone is 1. The van der Waals surface area contributed by atoms with Gasteiger partial charge >= 0.3 is 6.16 Å². The molecule has 3 saturated carbocycles. The highest BCUT2D eigenvalue weighted by atomic mass is 16.7. The van der Waals surface area contributed by atoms with E-state index < -0.39 is 6.16 Å². The number of hydrogen-bond donors (Lipinski definition) is 2. The van der Waals surface area contributed by atoms with Gasteiger partial charge in [-0.1, -0.05) is 65.5 Å². The van der Waals surface area contributed by atoms with Crippen molar-refractivity contribution in [2.75, 3.05) is 6.61 Å². The number of aliphatic hydroxyl groups is 1. The van der Waals surface area contributed by atoms with Gasteiger partial charge in [0.15, 0.2) is 0 Å². The average Bonchev–Trinajstić information content (AvgIpc) is 3.11. The van der Waals surface area contributed by atoms with E-state index in [-0.39, 0.29) is 12.7 Å². The summed E-state index contributed by atoms with van der Waals surface area (Å²) >= 11 is 0. The van der Waals surface area contributed by atoms with E-state index in [0.29, 0.717) is 10.8 Å². The molecule has 4 nitrogen and oxygen atoms in total. The van der Waals surface area contributed by atoms with Crippen LogP contribution in [0.25, 0.3) is 0 Å². The van der Waals surface area contributed by atoms with Crippen molar-refractivity contribution in [2.24, 2.45) is 46.3 Å². The molecule has 0 aromatic rings. The largest absolute Gasteiger partial charge is 0.505 e. The van der Waals surface area contributed by atoms with Crippen LogP contribution in [0.5, 0.6) is 0 Å². The summed E-state index contributed by atoms with van der Waals surface area (Å²) in [5.41, 5.74) is 2.60. The van der Waals surface area contributed by atoms with E-state index in [0.717, 1.165) is 48.3 Å². The Morgan fingerprint density at radius 3 is 2.44 bits per heavy atom. The van der Waals surface area contributed by atoms with Crippen LogP contribution in [0.4, 0.5) is 4.79 Å². The maximum atomic E-state index is 10.2. The molecule has 0 amide bonds. The monoisotopic (exact) mass is 476 g/mol. The van der Waals surface area contributed by atoms with Crippen LogP contribution >= 0.6 is 0 Å². The molecule has 0 aromatic heterocycles. The molecule has 0 saturated heterocycles. The molecule has 0 bridgehead atoms. The zero-order valence-electron chi connectivity index (χ0n) is 22.8. The highest BCUT2D eigenvalue weighted by molar-refractivity contribution is 5.56. The van der Waals surface area contributed by atoms with Crippen molar-refractivity contribution in [2.45, 2.75) is 118 Å². The fraction of sp³-hybridized carbons (Fsp3) is 0.900. The molecule has 0 aromatic carbocycles. The van der Waals surface area contributed by atoms with Gasteiger partial charge in [0, 0.05) is 0 Å². The van der Waals surface area contributed by atoms with Crippen molar-refractivity contribution in [1.29, 1.82) is 0 Å². The predicted molar refractivity (Wildman–Crippen MR) is 139 cm³/mol. The molecule has 4 aliphatic carbocycles. The SMILES string of the molecule is CC(C)CCCC(C)[C@H]1CC[C@H]2[C@@H]3CC=C4C[C@@H](O)CC[C@]4(C)[C@H]3CC[C@]12C.CCOC(=O)O. The first-order valence-corrected chi connectivity index (χ1v) is 14.3. The lowest BCUT2D eigenvalue weighted by Crippen LogP contribution is -2.50. The molecule has 0 heterocycles. The minimum Gasteiger partial charge on any atom is -0.450 e. The molecule has 4 rings (SSSR count). The zero-order valence-corrected chi connectivity index (χ0v) is 22.8.